The SMILES string of the molecule is c1csc(N2CCN3CCCC2C3)n1. The molecule has 4 heteroatoms. The van der Waals surface area contributed by atoms with E-state index < -0.39 is 0 Å². The van der Waals surface area contributed by atoms with E-state index >= 15 is 0 Å². The molecule has 0 radical (unpaired) electrons. The Morgan fingerprint density at radius 2 is 2.36 bits per heavy atom. The number of hydrogen-bond acceptors (Lipinski definition) is 4. The molecule has 0 amide bonds. The Morgan fingerprint density at radius 3 is 3.21 bits per heavy atom. The fraction of sp³-hybridized carbons (Fsp3) is 0.700. The number of anilines is 1. The van der Waals surface area contributed by atoms with Crippen LogP contribution >= 0.6 is 11.3 Å². The highest BCUT2D eigenvalue weighted by Gasteiger charge is 2.30. The third-order valence-corrected chi connectivity index (χ3v) is 4.05. The lowest BCUT2D eigenvalue weighted by Crippen LogP contribution is -2.56. The van der Waals surface area contributed by atoms with Gasteiger partial charge in [0.15, 0.2) is 5.13 Å². The smallest absolute Gasteiger partial charge is 0.185 e. The highest BCUT2D eigenvalue weighted by atomic mass is 32.1. The van der Waals surface area contributed by atoms with Crippen molar-refractivity contribution in [3.63, 3.8) is 0 Å². The molecule has 2 fully saturated rings. The first-order valence-electron chi connectivity index (χ1n) is 5.32. The van der Waals surface area contributed by atoms with Crippen molar-refractivity contribution in [1.29, 1.82) is 0 Å². The van der Waals surface area contributed by atoms with Gasteiger partial charge in [-0.2, -0.15) is 0 Å². The lowest BCUT2D eigenvalue weighted by molar-refractivity contribution is 0.174. The second-order valence-corrected chi connectivity index (χ2v) is 4.98. The van der Waals surface area contributed by atoms with Crippen molar-refractivity contribution in [2.24, 2.45) is 0 Å². The predicted octanol–water partition coefficient (Wildman–Crippen LogP) is 1.43. The van der Waals surface area contributed by atoms with E-state index in [1.165, 1.54) is 37.6 Å². The third kappa shape index (κ3) is 1.42. The molecule has 0 aliphatic carbocycles. The maximum absolute atomic E-state index is 4.41. The van der Waals surface area contributed by atoms with E-state index in [-0.39, 0.29) is 0 Å². The molecular formula is C10H15N3S. The summed E-state index contributed by atoms with van der Waals surface area (Å²) in [5, 5.41) is 3.29. The number of piperidine rings is 1. The molecule has 0 saturated carbocycles. The summed E-state index contributed by atoms with van der Waals surface area (Å²) in [7, 11) is 0. The standard InChI is InChI=1S/C10H15N3S/c1-2-9-8-12(4-1)5-6-13(9)10-11-3-7-14-10/h3,7,9H,1-2,4-6,8H2. The highest BCUT2D eigenvalue weighted by Crippen LogP contribution is 2.27. The van der Waals surface area contributed by atoms with Gasteiger partial charge in [-0.05, 0) is 19.4 Å². The minimum Gasteiger partial charge on any atom is -0.343 e. The van der Waals surface area contributed by atoms with Crippen molar-refractivity contribution in [3.8, 4) is 0 Å². The van der Waals surface area contributed by atoms with Crippen LogP contribution in [-0.2, 0) is 0 Å². The van der Waals surface area contributed by atoms with Crippen LogP contribution in [0.25, 0.3) is 0 Å². The van der Waals surface area contributed by atoms with Crippen LogP contribution < -0.4 is 4.90 Å². The summed E-state index contributed by atoms with van der Waals surface area (Å²) in [6, 6.07) is 0.726. The molecule has 3 rings (SSSR count). The van der Waals surface area contributed by atoms with E-state index in [1.807, 2.05) is 6.20 Å². The quantitative estimate of drug-likeness (QED) is 0.697. The molecule has 1 aromatic rings. The van der Waals surface area contributed by atoms with E-state index in [2.05, 4.69) is 20.2 Å². The van der Waals surface area contributed by atoms with Gasteiger partial charge >= 0.3 is 0 Å². The number of thiazole rings is 1. The van der Waals surface area contributed by atoms with Crippen LogP contribution in [-0.4, -0.2) is 42.1 Å². The first kappa shape index (κ1) is 8.68. The van der Waals surface area contributed by atoms with Gasteiger partial charge in [0.2, 0.25) is 0 Å². The average molecular weight is 209 g/mol. The molecule has 0 spiro atoms. The van der Waals surface area contributed by atoms with Crippen LogP contribution in [0.3, 0.4) is 0 Å². The number of nitrogens with zero attached hydrogens (tertiary/aromatic N) is 3. The lowest BCUT2D eigenvalue weighted by atomic mass is 10.0. The molecule has 1 aromatic heterocycles. The molecule has 2 aliphatic rings. The first-order chi connectivity index (χ1) is 6.93. The Morgan fingerprint density at radius 1 is 1.36 bits per heavy atom. The van der Waals surface area contributed by atoms with Crippen LogP contribution in [0.15, 0.2) is 11.6 Å². The molecule has 2 aliphatic heterocycles. The summed E-state index contributed by atoms with van der Waals surface area (Å²) < 4.78 is 0. The fourth-order valence-electron chi connectivity index (χ4n) is 2.53. The van der Waals surface area contributed by atoms with Gasteiger partial charge in [0.25, 0.3) is 0 Å². The van der Waals surface area contributed by atoms with Gasteiger partial charge in [0.1, 0.15) is 0 Å². The van der Waals surface area contributed by atoms with Gasteiger partial charge in [-0.25, -0.2) is 4.98 Å². The van der Waals surface area contributed by atoms with Gasteiger partial charge in [-0.3, -0.25) is 4.90 Å². The van der Waals surface area contributed by atoms with Gasteiger partial charge < -0.3 is 4.90 Å². The van der Waals surface area contributed by atoms with E-state index in [9.17, 15) is 0 Å². The maximum atomic E-state index is 4.41. The summed E-state index contributed by atoms with van der Waals surface area (Å²) in [6.07, 6.45) is 4.61. The lowest BCUT2D eigenvalue weighted by Gasteiger charge is -2.45. The zero-order valence-electron chi connectivity index (χ0n) is 8.22. The molecule has 3 heterocycles. The fourth-order valence-corrected chi connectivity index (χ4v) is 3.27. The molecule has 0 N–H and O–H groups in total. The zero-order chi connectivity index (χ0) is 9.38. The Hall–Kier alpha value is -0.610. The first-order valence-corrected chi connectivity index (χ1v) is 6.20. The van der Waals surface area contributed by atoms with Crippen molar-refractivity contribution >= 4 is 16.5 Å². The zero-order valence-corrected chi connectivity index (χ0v) is 9.04. The highest BCUT2D eigenvalue weighted by molar-refractivity contribution is 7.13. The third-order valence-electron chi connectivity index (χ3n) is 3.24. The van der Waals surface area contributed by atoms with Crippen LogP contribution in [0.5, 0.6) is 0 Å². The molecule has 3 nitrogen and oxygen atoms in total. The van der Waals surface area contributed by atoms with E-state index in [0.717, 1.165) is 12.6 Å². The van der Waals surface area contributed by atoms with E-state index in [1.54, 1.807) is 11.3 Å². The normalized spacial score (nSPS) is 31.9. The largest absolute Gasteiger partial charge is 0.343 e. The Bertz CT molecular complexity index is 298. The van der Waals surface area contributed by atoms with Crippen LogP contribution in [0.4, 0.5) is 5.13 Å². The Balaban J connectivity index is 1.80. The molecule has 2 atom stereocenters. The molecular weight excluding hydrogens is 194 g/mol. The van der Waals surface area contributed by atoms with Crippen LogP contribution in [0, 0.1) is 0 Å². The van der Waals surface area contributed by atoms with E-state index in [0.29, 0.717) is 0 Å². The molecule has 2 bridgehead atoms. The summed E-state index contributed by atoms with van der Waals surface area (Å²) in [6.45, 7) is 4.94. The van der Waals surface area contributed by atoms with Crippen molar-refractivity contribution in [1.82, 2.24) is 9.88 Å². The minimum absolute atomic E-state index is 0.726. The molecule has 2 saturated heterocycles. The summed E-state index contributed by atoms with van der Waals surface area (Å²) in [5.74, 6) is 0. The van der Waals surface area contributed by atoms with Crippen molar-refractivity contribution in [3.05, 3.63) is 11.6 Å². The van der Waals surface area contributed by atoms with E-state index in [4.69, 9.17) is 0 Å². The maximum Gasteiger partial charge on any atom is 0.185 e. The van der Waals surface area contributed by atoms with Gasteiger partial charge in [0, 0.05) is 37.3 Å². The van der Waals surface area contributed by atoms with Gasteiger partial charge in [0.05, 0.1) is 0 Å². The van der Waals surface area contributed by atoms with Gasteiger partial charge in [-0.1, -0.05) is 0 Å². The molecule has 2 unspecified atom stereocenters. The topological polar surface area (TPSA) is 19.4 Å². The summed E-state index contributed by atoms with van der Waals surface area (Å²) in [4.78, 5) is 9.50. The number of fused-ring (bicyclic) bond motifs is 2. The Labute approximate surface area is 88.4 Å². The van der Waals surface area contributed by atoms with Gasteiger partial charge in [-0.15, -0.1) is 11.3 Å². The molecule has 0 aromatic carbocycles. The number of aromatic nitrogens is 1. The second kappa shape index (κ2) is 3.51. The number of hydrogen-bond donors (Lipinski definition) is 0. The minimum atomic E-state index is 0.726. The van der Waals surface area contributed by atoms with Crippen molar-refractivity contribution in [2.75, 3.05) is 31.1 Å². The Kier molecular flexibility index (Phi) is 2.18. The monoisotopic (exact) mass is 209 g/mol. The average Bonchev–Trinajstić information content (AvgIpc) is 2.71. The molecule has 76 valence electrons. The summed E-state index contributed by atoms with van der Waals surface area (Å²) in [5.41, 5.74) is 0. The predicted molar refractivity (Wildman–Crippen MR) is 58.9 cm³/mol. The summed E-state index contributed by atoms with van der Waals surface area (Å²) >= 11 is 1.77. The number of rotatable bonds is 1. The van der Waals surface area contributed by atoms with Crippen molar-refractivity contribution in [2.45, 2.75) is 18.9 Å². The van der Waals surface area contributed by atoms with Crippen LogP contribution in [0.1, 0.15) is 12.8 Å². The number of piperazine rings is 1. The van der Waals surface area contributed by atoms with Crippen molar-refractivity contribution < 1.29 is 0 Å². The molecule has 14 heavy (non-hydrogen) atoms. The van der Waals surface area contributed by atoms with Crippen LogP contribution in [0.2, 0.25) is 0 Å². The second-order valence-electron chi connectivity index (χ2n) is 4.10.